The maximum Gasteiger partial charge on any atom is 0.308 e. The van der Waals surface area contributed by atoms with Gasteiger partial charge in [-0.3, -0.25) is 0 Å². The molecule has 0 aliphatic heterocycles. The fourth-order valence-electron chi connectivity index (χ4n) is 2.07. The largest absolute Gasteiger partial charge is 0.618 e. The topological polar surface area (TPSA) is 61.1 Å². The molecule has 0 aliphatic carbocycles. The molecule has 5 heteroatoms. The Balaban J connectivity index is 2.22. The van der Waals surface area contributed by atoms with Gasteiger partial charge in [-0.2, -0.15) is 4.73 Å². The van der Waals surface area contributed by atoms with Crippen LogP contribution in [0, 0.1) is 19.1 Å². The molecule has 4 nitrogen and oxygen atoms in total. The van der Waals surface area contributed by atoms with Gasteiger partial charge in [0.05, 0.1) is 5.75 Å². The molecule has 0 N–H and O–H groups in total. The molecular formula is C15H17NO3S. The number of aryl methyl sites for hydroxylation is 3. The number of hydrogen-bond acceptors (Lipinski definition) is 3. The van der Waals surface area contributed by atoms with Gasteiger partial charge in [0.1, 0.15) is 0 Å². The molecule has 20 heavy (non-hydrogen) atoms. The molecule has 0 saturated heterocycles. The summed E-state index contributed by atoms with van der Waals surface area (Å²) in [5, 5.41) is 11.3. The summed E-state index contributed by atoms with van der Waals surface area (Å²) in [6.45, 7) is 3.93. The first-order chi connectivity index (χ1) is 9.40. The Morgan fingerprint density at radius 2 is 1.90 bits per heavy atom. The highest BCUT2D eigenvalue weighted by Crippen LogP contribution is 2.14. The predicted octanol–water partition coefficient (Wildman–Crippen LogP) is 1.95. The van der Waals surface area contributed by atoms with Gasteiger partial charge in [-0.05, 0) is 37.5 Å². The first-order valence-corrected chi connectivity index (χ1v) is 8.02. The number of sulfone groups is 1. The molecule has 2 aromatic rings. The zero-order chi connectivity index (χ0) is 14.8. The van der Waals surface area contributed by atoms with Gasteiger partial charge in [-0.25, -0.2) is 8.42 Å². The Kier molecular flexibility index (Phi) is 4.09. The predicted molar refractivity (Wildman–Crippen MR) is 77.1 cm³/mol. The first-order valence-electron chi connectivity index (χ1n) is 6.37. The van der Waals surface area contributed by atoms with Crippen LogP contribution in [0.15, 0.2) is 47.6 Å². The van der Waals surface area contributed by atoms with E-state index in [0.29, 0.717) is 11.2 Å². The third kappa shape index (κ3) is 3.17. The maximum absolute atomic E-state index is 12.2. The summed E-state index contributed by atoms with van der Waals surface area (Å²) in [6, 6.07) is 10.4. The van der Waals surface area contributed by atoms with Crippen LogP contribution < -0.4 is 4.73 Å². The van der Waals surface area contributed by atoms with E-state index in [1.807, 2.05) is 32.0 Å². The van der Waals surface area contributed by atoms with Gasteiger partial charge in [-0.1, -0.05) is 23.8 Å². The quantitative estimate of drug-likeness (QED) is 0.639. The number of nitrogens with zero attached hydrogens (tertiary/aromatic N) is 1. The van der Waals surface area contributed by atoms with Crippen molar-refractivity contribution in [3.63, 3.8) is 0 Å². The Labute approximate surface area is 119 Å². The van der Waals surface area contributed by atoms with E-state index >= 15 is 0 Å². The SMILES string of the molecule is Cc1ccc(C)c(CCS(=O)(=O)c2cccc[n+]2[O-])c1. The summed E-state index contributed by atoms with van der Waals surface area (Å²) < 4.78 is 24.8. The zero-order valence-corrected chi connectivity index (χ0v) is 12.4. The van der Waals surface area contributed by atoms with E-state index in [1.165, 1.54) is 18.3 Å². The smallest absolute Gasteiger partial charge is 0.308 e. The van der Waals surface area contributed by atoms with E-state index in [0.717, 1.165) is 16.7 Å². The molecule has 0 saturated carbocycles. The van der Waals surface area contributed by atoms with Crippen molar-refractivity contribution in [1.29, 1.82) is 0 Å². The van der Waals surface area contributed by atoms with Crippen LogP contribution in [0.3, 0.4) is 0 Å². The normalized spacial score (nSPS) is 11.5. The second kappa shape index (κ2) is 5.63. The molecule has 1 aromatic heterocycles. The summed E-state index contributed by atoms with van der Waals surface area (Å²) in [5.41, 5.74) is 3.16. The fraction of sp³-hybridized carbons (Fsp3) is 0.267. The molecule has 1 heterocycles. The highest BCUT2D eigenvalue weighted by atomic mass is 32.2. The van der Waals surface area contributed by atoms with Crippen LogP contribution in [0.2, 0.25) is 0 Å². The maximum atomic E-state index is 12.2. The average Bonchev–Trinajstić information content (AvgIpc) is 2.40. The lowest BCUT2D eigenvalue weighted by Gasteiger charge is -2.08. The lowest BCUT2D eigenvalue weighted by atomic mass is 10.0. The molecule has 0 atom stereocenters. The number of hydrogen-bond donors (Lipinski definition) is 0. The first kappa shape index (κ1) is 14.5. The summed E-state index contributed by atoms with van der Waals surface area (Å²) in [6.07, 6.45) is 1.61. The number of benzene rings is 1. The Morgan fingerprint density at radius 1 is 1.15 bits per heavy atom. The van der Waals surface area contributed by atoms with Gasteiger partial charge in [0.2, 0.25) is 9.84 Å². The van der Waals surface area contributed by atoms with Crippen molar-refractivity contribution in [2.45, 2.75) is 25.3 Å². The van der Waals surface area contributed by atoms with Crippen LogP contribution in [-0.2, 0) is 16.3 Å². The molecule has 106 valence electrons. The van der Waals surface area contributed by atoms with E-state index < -0.39 is 9.84 Å². The molecule has 0 aliphatic rings. The molecule has 1 aromatic carbocycles. The van der Waals surface area contributed by atoms with Crippen LogP contribution >= 0.6 is 0 Å². The van der Waals surface area contributed by atoms with Gasteiger partial charge in [0, 0.05) is 12.1 Å². The van der Waals surface area contributed by atoms with Gasteiger partial charge >= 0.3 is 5.03 Å². The summed E-state index contributed by atoms with van der Waals surface area (Å²) >= 11 is 0. The van der Waals surface area contributed by atoms with Gasteiger partial charge in [0.15, 0.2) is 6.20 Å². The van der Waals surface area contributed by atoms with E-state index in [2.05, 4.69) is 0 Å². The van der Waals surface area contributed by atoms with Crippen molar-refractivity contribution >= 4 is 9.84 Å². The van der Waals surface area contributed by atoms with Crippen molar-refractivity contribution in [2.75, 3.05) is 5.75 Å². The highest BCUT2D eigenvalue weighted by Gasteiger charge is 2.23. The molecule has 0 fully saturated rings. The van der Waals surface area contributed by atoms with Crippen molar-refractivity contribution in [1.82, 2.24) is 0 Å². The Hall–Kier alpha value is -1.88. The van der Waals surface area contributed by atoms with E-state index in [9.17, 15) is 13.6 Å². The highest BCUT2D eigenvalue weighted by molar-refractivity contribution is 7.91. The van der Waals surface area contributed by atoms with Crippen LogP contribution in [0.4, 0.5) is 0 Å². The molecule has 0 spiro atoms. The van der Waals surface area contributed by atoms with Gasteiger partial charge in [0.25, 0.3) is 0 Å². The minimum atomic E-state index is -3.57. The standard InChI is InChI=1S/C15H17NO3S/c1-12-6-7-13(2)14(11-12)8-10-20(18,19)15-5-3-4-9-16(15)17/h3-7,9,11H,8,10H2,1-2H3. The van der Waals surface area contributed by atoms with Crippen molar-refractivity contribution < 1.29 is 13.1 Å². The van der Waals surface area contributed by atoms with Crippen LogP contribution in [0.5, 0.6) is 0 Å². The minimum Gasteiger partial charge on any atom is -0.618 e. The Morgan fingerprint density at radius 3 is 2.60 bits per heavy atom. The fourth-order valence-corrected chi connectivity index (χ4v) is 3.39. The molecule has 0 bridgehead atoms. The monoisotopic (exact) mass is 291 g/mol. The zero-order valence-electron chi connectivity index (χ0n) is 11.5. The van der Waals surface area contributed by atoms with Crippen LogP contribution in [0.1, 0.15) is 16.7 Å². The van der Waals surface area contributed by atoms with Gasteiger partial charge < -0.3 is 5.21 Å². The number of pyridine rings is 1. The van der Waals surface area contributed by atoms with Crippen molar-refractivity contribution in [3.8, 4) is 0 Å². The van der Waals surface area contributed by atoms with E-state index in [4.69, 9.17) is 0 Å². The molecular weight excluding hydrogens is 274 g/mol. The van der Waals surface area contributed by atoms with Gasteiger partial charge in [-0.15, -0.1) is 0 Å². The molecule has 0 unspecified atom stereocenters. The second-order valence-corrected chi connectivity index (χ2v) is 6.92. The average molecular weight is 291 g/mol. The number of rotatable bonds is 4. The van der Waals surface area contributed by atoms with Crippen LogP contribution in [-0.4, -0.2) is 14.2 Å². The third-order valence-electron chi connectivity index (χ3n) is 3.25. The Bertz CT molecular complexity index is 724. The molecule has 0 amide bonds. The molecule has 0 radical (unpaired) electrons. The van der Waals surface area contributed by atoms with E-state index in [-0.39, 0.29) is 10.8 Å². The van der Waals surface area contributed by atoms with E-state index in [1.54, 1.807) is 6.07 Å². The van der Waals surface area contributed by atoms with Crippen molar-refractivity contribution in [3.05, 3.63) is 64.5 Å². The van der Waals surface area contributed by atoms with Crippen molar-refractivity contribution in [2.24, 2.45) is 0 Å². The molecule has 2 rings (SSSR count). The summed E-state index contributed by atoms with van der Waals surface area (Å²) in [7, 11) is -3.57. The second-order valence-electron chi connectivity index (χ2n) is 4.86. The van der Waals surface area contributed by atoms with Crippen LogP contribution in [0.25, 0.3) is 0 Å². The lowest BCUT2D eigenvalue weighted by Crippen LogP contribution is -2.34. The minimum absolute atomic E-state index is 0.0659. The third-order valence-corrected chi connectivity index (χ3v) is 4.95. The lowest BCUT2D eigenvalue weighted by molar-refractivity contribution is -0.646. The number of aromatic nitrogens is 1. The summed E-state index contributed by atoms with van der Waals surface area (Å²) in [5.74, 6) is -0.0659. The summed E-state index contributed by atoms with van der Waals surface area (Å²) in [4.78, 5) is 0.